The molecule has 0 saturated heterocycles. The largest absolute Gasteiger partial charge is 0.493 e. The van der Waals surface area contributed by atoms with Gasteiger partial charge in [0.1, 0.15) is 9.84 Å². The van der Waals surface area contributed by atoms with Crippen molar-refractivity contribution in [3.05, 3.63) is 23.6 Å². The molecule has 114 valence electrons. The van der Waals surface area contributed by atoms with Gasteiger partial charge in [-0.1, -0.05) is 0 Å². The summed E-state index contributed by atoms with van der Waals surface area (Å²) in [5.74, 6) is 1.11. The lowest BCUT2D eigenvalue weighted by atomic mass is 10.2. The van der Waals surface area contributed by atoms with Gasteiger partial charge in [0.25, 0.3) is 0 Å². The van der Waals surface area contributed by atoms with Gasteiger partial charge >= 0.3 is 0 Å². The standard InChI is InChI=1S/C13H15ClN2O4S/c1-19-11-7-10-9(8-15-13(14)16-10)6-12(11)20-4-3-5-21(2,17)18/h6-8H,3-5H2,1-2H3. The van der Waals surface area contributed by atoms with Crippen molar-refractivity contribution in [3.63, 3.8) is 0 Å². The highest BCUT2D eigenvalue weighted by molar-refractivity contribution is 7.90. The van der Waals surface area contributed by atoms with E-state index < -0.39 is 9.84 Å². The van der Waals surface area contributed by atoms with Crippen LogP contribution < -0.4 is 9.47 Å². The number of hydrogen-bond acceptors (Lipinski definition) is 6. The number of aromatic nitrogens is 2. The molecule has 1 aromatic carbocycles. The van der Waals surface area contributed by atoms with Crippen molar-refractivity contribution in [2.24, 2.45) is 0 Å². The minimum atomic E-state index is -2.98. The number of hydrogen-bond donors (Lipinski definition) is 0. The van der Waals surface area contributed by atoms with Gasteiger partial charge in [0.15, 0.2) is 11.5 Å². The zero-order valence-corrected chi connectivity index (χ0v) is 13.2. The SMILES string of the molecule is COc1cc2nc(Cl)ncc2cc1OCCCS(C)(=O)=O. The maximum atomic E-state index is 11.1. The Morgan fingerprint density at radius 1 is 1.29 bits per heavy atom. The van der Waals surface area contributed by atoms with Gasteiger partial charge in [-0.3, -0.25) is 0 Å². The molecule has 8 heteroatoms. The van der Waals surface area contributed by atoms with Crippen molar-refractivity contribution in [3.8, 4) is 11.5 Å². The number of rotatable bonds is 6. The number of benzene rings is 1. The minimum Gasteiger partial charge on any atom is -0.493 e. The highest BCUT2D eigenvalue weighted by Crippen LogP contribution is 2.31. The molecule has 2 rings (SSSR count). The van der Waals surface area contributed by atoms with E-state index in [9.17, 15) is 8.42 Å². The highest BCUT2D eigenvalue weighted by Gasteiger charge is 2.09. The van der Waals surface area contributed by atoms with Crippen LogP contribution >= 0.6 is 11.6 Å². The van der Waals surface area contributed by atoms with Crippen LogP contribution in [0.25, 0.3) is 10.9 Å². The van der Waals surface area contributed by atoms with Crippen molar-refractivity contribution in [1.82, 2.24) is 9.97 Å². The lowest BCUT2D eigenvalue weighted by molar-refractivity contribution is 0.295. The fraction of sp³-hybridized carbons (Fsp3) is 0.385. The van der Waals surface area contributed by atoms with Crippen molar-refractivity contribution in [2.45, 2.75) is 6.42 Å². The first-order chi connectivity index (χ1) is 9.89. The highest BCUT2D eigenvalue weighted by atomic mass is 35.5. The Morgan fingerprint density at radius 2 is 2.05 bits per heavy atom. The zero-order valence-electron chi connectivity index (χ0n) is 11.7. The smallest absolute Gasteiger partial charge is 0.222 e. The van der Waals surface area contributed by atoms with Gasteiger partial charge in [-0.05, 0) is 24.1 Å². The molecule has 0 fully saturated rings. The number of nitrogens with zero attached hydrogens (tertiary/aromatic N) is 2. The summed E-state index contributed by atoms with van der Waals surface area (Å²) in [7, 11) is -1.46. The summed E-state index contributed by atoms with van der Waals surface area (Å²) in [6, 6.07) is 3.44. The van der Waals surface area contributed by atoms with Crippen LogP contribution in [0.1, 0.15) is 6.42 Å². The van der Waals surface area contributed by atoms with E-state index in [4.69, 9.17) is 21.1 Å². The topological polar surface area (TPSA) is 78.4 Å². The summed E-state index contributed by atoms with van der Waals surface area (Å²) >= 11 is 5.75. The Kier molecular flexibility index (Phi) is 4.84. The van der Waals surface area contributed by atoms with Crippen LogP contribution in [0.5, 0.6) is 11.5 Å². The van der Waals surface area contributed by atoms with E-state index in [-0.39, 0.29) is 17.6 Å². The Labute approximate surface area is 128 Å². The van der Waals surface area contributed by atoms with Crippen LogP contribution in [0.15, 0.2) is 18.3 Å². The van der Waals surface area contributed by atoms with Crippen LogP contribution in [-0.4, -0.2) is 44.1 Å². The van der Waals surface area contributed by atoms with Gasteiger partial charge < -0.3 is 9.47 Å². The first kappa shape index (κ1) is 15.8. The van der Waals surface area contributed by atoms with E-state index >= 15 is 0 Å². The van der Waals surface area contributed by atoms with E-state index in [0.29, 0.717) is 23.4 Å². The molecule has 2 aromatic rings. The summed E-state index contributed by atoms with van der Waals surface area (Å²) in [4.78, 5) is 8.00. The second kappa shape index (κ2) is 6.44. The third-order valence-corrected chi connectivity index (χ3v) is 3.97. The third-order valence-electron chi connectivity index (χ3n) is 2.75. The summed E-state index contributed by atoms with van der Waals surface area (Å²) in [6.07, 6.45) is 3.20. The molecule has 0 unspecified atom stereocenters. The molecule has 0 aliphatic carbocycles. The Morgan fingerprint density at radius 3 is 2.71 bits per heavy atom. The molecule has 1 aromatic heterocycles. The fourth-order valence-electron chi connectivity index (χ4n) is 1.79. The average molecular weight is 331 g/mol. The van der Waals surface area contributed by atoms with Crippen molar-refractivity contribution >= 4 is 32.3 Å². The minimum absolute atomic E-state index is 0.0849. The Hall–Kier alpha value is -1.60. The third kappa shape index (κ3) is 4.44. The zero-order chi connectivity index (χ0) is 15.5. The molecule has 21 heavy (non-hydrogen) atoms. The number of halogens is 1. The van der Waals surface area contributed by atoms with E-state index in [0.717, 1.165) is 5.39 Å². The maximum Gasteiger partial charge on any atom is 0.222 e. The second-order valence-corrected chi connectivity index (χ2v) is 7.13. The molecule has 0 spiro atoms. The van der Waals surface area contributed by atoms with E-state index in [1.807, 2.05) is 0 Å². The van der Waals surface area contributed by atoms with Gasteiger partial charge in [0, 0.05) is 23.9 Å². The number of fused-ring (bicyclic) bond motifs is 1. The van der Waals surface area contributed by atoms with Crippen LogP contribution in [-0.2, 0) is 9.84 Å². The molecule has 1 heterocycles. The predicted octanol–water partition coefficient (Wildman–Crippen LogP) is 2.11. The molecule has 0 aliphatic heterocycles. The van der Waals surface area contributed by atoms with Gasteiger partial charge in [0.2, 0.25) is 5.28 Å². The summed E-state index contributed by atoms with van der Waals surface area (Å²) in [5.41, 5.74) is 0.648. The van der Waals surface area contributed by atoms with Gasteiger partial charge in [-0.25, -0.2) is 18.4 Å². The van der Waals surface area contributed by atoms with Gasteiger partial charge in [-0.15, -0.1) is 0 Å². The Bertz CT molecular complexity index is 749. The van der Waals surface area contributed by atoms with Crippen molar-refractivity contribution < 1.29 is 17.9 Å². The first-order valence-corrected chi connectivity index (χ1v) is 8.64. The molecular weight excluding hydrogens is 316 g/mol. The lowest BCUT2D eigenvalue weighted by Crippen LogP contribution is -2.08. The normalized spacial score (nSPS) is 11.6. The molecule has 0 amide bonds. The quantitative estimate of drug-likeness (QED) is 0.596. The molecule has 0 atom stereocenters. The molecule has 0 radical (unpaired) electrons. The van der Waals surface area contributed by atoms with Crippen LogP contribution in [0, 0.1) is 0 Å². The summed E-state index contributed by atoms with van der Waals surface area (Å²) in [6.45, 7) is 0.281. The second-order valence-electron chi connectivity index (χ2n) is 4.53. The molecule has 0 bridgehead atoms. The molecule has 6 nitrogen and oxygen atoms in total. The number of sulfone groups is 1. The molecule has 0 saturated carbocycles. The van der Waals surface area contributed by atoms with Crippen LogP contribution in [0.4, 0.5) is 0 Å². The monoisotopic (exact) mass is 330 g/mol. The van der Waals surface area contributed by atoms with Crippen molar-refractivity contribution in [1.29, 1.82) is 0 Å². The summed E-state index contributed by atoms with van der Waals surface area (Å²) < 4.78 is 33.0. The molecule has 0 aliphatic rings. The first-order valence-electron chi connectivity index (χ1n) is 6.20. The lowest BCUT2D eigenvalue weighted by Gasteiger charge is -2.11. The fourth-order valence-corrected chi connectivity index (χ4v) is 2.57. The van der Waals surface area contributed by atoms with Gasteiger partial charge in [0.05, 0.1) is 25.0 Å². The predicted molar refractivity (Wildman–Crippen MR) is 80.9 cm³/mol. The van der Waals surface area contributed by atoms with Crippen LogP contribution in [0.3, 0.4) is 0 Å². The van der Waals surface area contributed by atoms with E-state index in [2.05, 4.69) is 9.97 Å². The van der Waals surface area contributed by atoms with Gasteiger partial charge in [-0.2, -0.15) is 0 Å². The molecular formula is C13H15ClN2O4S. The Balaban J connectivity index is 2.16. The van der Waals surface area contributed by atoms with Crippen molar-refractivity contribution in [2.75, 3.05) is 25.7 Å². The molecule has 0 N–H and O–H groups in total. The van der Waals surface area contributed by atoms with Crippen LogP contribution in [0.2, 0.25) is 5.28 Å². The van der Waals surface area contributed by atoms with E-state index in [1.54, 1.807) is 18.3 Å². The number of ether oxygens (including phenoxy) is 2. The maximum absolute atomic E-state index is 11.1. The number of methoxy groups -OCH3 is 1. The van der Waals surface area contributed by atoms with E-state index in [1.165, 1.54) is 13.4 Å². The average Bonchev–Trinajstić information content (AvgIpc) is 2.41. The summed E-state index contributed by atoms with van der Waals surface area (Å²) in [5, 5.41) is 0.921.